The summed E-state index contributed by atoms with van der Waals surface area (Å²) in [6.45, 7) is 7.77. The molecule has 2 rings (SSSR count). The second kappa shape index (κ2) is 5.60. The first-order chi connectivity index (χ1) is 9.68. The van der Waals surface area contributed by atoms with Gasteiger partial charge in [-0.3, -0.25) is 0 Å². The lowest BCUT2D eigenvalue weighted by molar-refractivity contribution is 0.441. The molecule has 0 saturated heterocycles. The molecule has 21 heavy (non-hydrogen) atoms. The Kier molecular flexibility index (Phi) is 4.18. The number of benzene rings is 1. The number of nitrogens with zero attached hydrogens (tertiary/aromatic N) is 2. The zero-order valence-electron chi connectivity index (χ0n) is 12.4. The van der Waals surface area contributed by atoms with Gasteiger partial charge in [0.1, 0.15) is 23.2 Å². The van der Waals surface area contributed by atoms with E-state index in [1.54, 1.807) is 13.0 Å². The number of halogens is 2. The average molecular weight is 354 g/mol. The molecule has 1 heterocycles. The third-order valence-electron chi connectivity index (χ3n) is 2.92. The molecule has 1 aromatic carbocycles. The van der Waals surface area contributed by atoms with Crippen LogP contribution in [0.15, 0.2) is 22.7 Å². The zero-order chi connectivity index (χ0) is 15.8. The van der Waals surface area contributed by atoms with Crippen LogP contribution in [-0.4, -0.2) is 9.97 Å². The van der Waals surface area contributed by atoms with E-state index in [9.17, 15) is 4.39 Å². The minimum absolute atomic E-state index is 0.247. The lowest BCUT2D eigenvalue weighted by atomic mass is 9.95. The smallest absolute Gasteiger partial charge is 0.227 e. The Morgan fingerprint density at radius 1 is 1.24 bits per heavy atom. The molecule has 0 saturated carbocycles. The fraction of sp³-hybridized carbons (Fsp3) is 0.333. The molecule has 0 aliphatic heterocycles. The lowest BCUT2D eigenvalue weighted by Gasteiger charge is -2.19. The molecule has 2 N–H and O–H groups in total. The Labute approximate surface area is 131 Å². The topological polar surface area (TPSA) is 61.0 Å². The molecule has 0 amide bonds. The number of aromatic nitrogens is 2. The maximum absolute atomic E-state index is 13.3. The largest absolute Gasteiger partial charge is 0.439 e. The Bertz CT molecular complexity index is 683. The van der Waals surface area contributed by atoms with Gasteiger partial charge in [0.2, 0.25) is 5.88 Å². The van der Waals surface area contributed by atoms with Crippen LogP contribution in [0, 0.1) is 12.7 Å². The van der Waals surface area contributed by atoms with E-state index < -0.39 is 0 Å². The minimum Gasteiger partial charge on any atom is -0.439 e. The zero-order valence-corrected chi connectivity index (χ0v) is 14.0. The van der Waals surface area contributed by atoms with Crippen molar-refractivity contribution in [3.8, 4) is 11.6 Å². The molecule has 0 radical (unpaired) electrons. The molecule has 0 atom stereocenters. The summed E-state index contributed by atoms with van der Waals surface area (Å²) in [5.74, 6) is 1.49. The molecule has 112 valence electrons. The number of hydrogen-bond acceptors (Lipinski definition) is 4. The van der Waals surface area contributed by atoms with Crippen LogP contribution >= 0.6 is 15.9 Å². The highest BCUT2D eigenvalue weighted by Gasteiger charge is 2.21. The number of nitrogen functional groups attached to an aromatic ring is 1. The summed E-state index contributed by atoms with van der Waals surface area (Å²) in [7, 11) is 0. The molecule has 0 spiro atoms. The molecular weight excluding hydrogens is 337 g/mol. The summed E-state index contributed by atoms with van der Waals surface area (Å²) in [6, 6.07) is 4.41. The Hall–Kier alpha value is -1.69. The predicted molar refractivity (Wildman–Crippen MR) is 84.1 cm³/mol. The van der Waals surface area contributed by atoms with E-state index in [1.807, 2.05) is 20.8 Å². The van der Waals surface area contributed by atoms with Crippen molar-refractivity contribution in [1.29, 1.82) is 0 Å². The number of nitrogens with two attached hydrogens (primary N) is 1. The molecular formula is C15H17BrFN3O. The van der Waals surface area contributed by atoms with Crippen molar-refractivity contribution in [3.63, 3.8) is 0 Å². The van der Waals surface area contributed by atoms with Gasteiger partial charge in [-0.1, -0.05) is 20.8 Å². The molecule has 0 aliphatic carbocycles. The van der Waals surface area contributed by atoms with E-state index in [4.69, 9.17) is 10.5 Å². The maximum atomic E-state index is 13.3. The van der Waals surface area contributed by atoms with Crippen molar-refractivity contribution in [2.24, 2.45) is 0 Å². The predicted octanol–water partition coefficient (Wildman–Crippen LogP) is 4.36. The van der Waals surface area contributed by atoms with Gasteiger partial charge in [0.05, 0.1) is 10.0 Å². The summed E-state index contributed by atoms with van der Waals surface area (Å²) in [6.07, 6.45) is 0. The van der Waals surface area contributed by atoms with Crippen LogP contribution in [0.1, 0.15) is 32.2 Å². The number of hydrogen-bond donors (Lipinski definition) is 1. The highest BCUT2D eigenvalue weighted by molar-refractivity contribution is 9.10. The van der Waals surface area contributed by atoms with Crippen LogP contribution in [0.25, 0.3) is 0 Å². The molecule has 4 nitrogen and oxygen atoms in total. The maximum Gasteiger partial charge on any atom is 0.227 e. The molecule has 0 aliphatic rings. The van der Waals surface area contributed by atoms with Crippen molar-refractivity contribution >= 4 is 21.7 Å². The summed E-state index contributed by atoms with van der Waals surface area (Å²) in [5.41, 5.74) is 6.33. The van der Waals surface area contributed by atoms with Crippen LogP contribution in [0.3, 0.4) is 0 Å². The normalized spacial score (nSPS) is 11.5. The third kappa shape index (κ3) is 3.50. The van der Waals surface area contributed by atoms with Crippen molar-refractivity contribution in [3.05, 3.63) is 39.9 Å². The van der Waals surface area contributed by atoms with Gasteiger partial charge in [-0.15, -0.1) is 0 Å². The molecule has 0 fully saturated rings. The van der Waals surface area contributed by atoms with Crippen molar-refractivity contribution in [2.45, 2.75) is 33.1 Å². The van der Waals surface area contributed by atoms with Gasteiger partial charge < -0.3 is 10.5 Å². The highest BCUT2D eigenvalue weighted by atomic mass is 79.9. The minimum atomic E-state index is -0.350. The lowest BCUT2D eigenvalue weighted by Crippen LogP contribution is -2.18. The van der Waals surface area contributed by atoms with Crippen molar-refractivity contribution < 1.29 is 9.13 Å². The van der Waals surface area contributed by atoms with Gasteiger partial charge in [-0.25, -0.2) is 9.37 Å². The van der Waals surface area contributed by atoms with Gasteiger partial charge in [-0.05, 0) is 41.1 Å². The van der Waals surface area contributed by atoms with Crippen LogP contribution in [0.4, 0.5) is 10.2 Å². The van der Waals surface area contributed by atoms with E-state index >= 15 is 0 Å². The second-order valence-corrected chi connectivity index (χ2v) is 6.64. The molecule has 1 aromatic heterocycles. The molecule has 2 aromatic rings. The highest BCUT2D eigenvalue weighted by Crippen LogP contribution is 2.31. The van der Waals surface area contributed by atoms with E-state index in [2.05, 4.69) is 25.9 Å². The number of ether oxygens (including phenoxy) is 1. The SMILES string of the molecule is Cc1c(N)nc(C(C)(C)C)nc1Oc1ccc(F)c(Br)c1. The van der Waals surface area contributed by atoms with Crippen LogP contribution < -0.4 is 10.5 Å². The van der Waals surface area contributed by atoms with Gasteiger partial charge in [0.15, 0.2) is 0 Å². The van der Waals surface area contributed by atoms with Crippen molar-refractivity contribution in [1.82, 2.24) is 9.97 Å². The van der Waals surface area contributed by atoms with Crippen LogP contribution in [0.2, 0.25) is 0 Å². The third-order valence-corrected chi connectivity index (χ3v) is 3.52. The molecule has 0 unspecified atom stereocenters. The van der Waals surface area contributed by atoms with Gasteiger partial charge in [-0.2, -0.15) is 4.98 Å². The van der Waals surface area contributed by atoms with E-state index in [1.165, 1.54) is 12.1 Å². The molecule has 0 bridgehead atoms. The first kappa shape index (κ1) is 15.7. The summed E-state index contributed by atoms with van der Waals surface area (Å²) < 4.78 is 19.3. The quantitative estimate of drug-likeness (QED) is 0.871. The first-order valence-electron chi connectivity index (χ1n) is 6.46. The van der Waals surface area contributed by atoms with E-state index in [0.717, 1.165) is 0 Å². The standard InChI is InChI=1S/C15H17BrFN3O/c1-8-12(18)19-14(15(2,3)4)20-13(8)21-9-5-6-11(17)10(16)7-9/h5-7H,1-4H3,(H2,18,19,20). The fourth-order valence-electron chi connectivity index (χ4n) is 1.60. The van der Waals surface area contributed by atoms with Gasteiger partial charge in [0, 0.05) is 5.41 Å². The number of anilines is 1. The Balaban J connectivity index is 2.43. The van der Waals surface area contributed by atoms with E-state index in [-0.39, 0.29) is 11.2 Å². The Morgan fingerprint density at radius 2 is 1.90 bits per heavy atom. The summed E-state index contributed by atoms with van der Waals surface area (Å²) in [5, 5.41) is 0. The fourth-order valence-corrected chi connectivity index (χ4v) is 1.96. The summed E-state index contributed by atoms with van der Waals surface area (Å²) >= 11 is 3.13. The van der Waals surface area contributed by atoms with Crippen LogP contribution in [-0.2, 0) is 5.41 Å². The summed E-state index contributed by atoms with van der Waals surface area (Å²) in [4.78, 5) is 8.72. The number of rotatable bonds is 2. The van der Waals surface area contributed by atoms with E-state index in [0.29, 0.717) is 33.3 Å². The van der Waals surface area contributed by atoms with Crippen molar-refractivity contribution in [2.75, 3.05) is 5.73 Å². The second-order valence-electron chi connectivity index (χ2n) is 5.79. The van der Waals surface area contributed by atoms with Gasteiger partial charge >= 0.3 is 0 Å². The van der Waals surface area contributed by atoms with Gasteiger partial charge in [0.25, 0.3) is 0 Å². The monoisotopic (exact) mass is 353 g/mol. The average Bonchev–Trinajstić information content (AvgIpc) is 2.38. The van der Waals surface area contributed by atoms with Crippen LogP contribution in [0.5, 0.6) is 11.6 Å². The Morgan fingerprint density at radius 3 is 2.48 bits per heavy atom. The molecule has 6 heteroatoms. The first-order valence-corrected chi connectivity index (χ1v) is 7.25.